The molecule has 4 nitrogen and oxygen atoms in total. The average molecular weight is 314 g/mol. The largest absolute Gasteiger partial charge is 0.491 e. The molecule has 0 spiro atoms. The predicted octanol–water partition coefficient (Wildman–Crippen LogP) is 2.95. The van der Waals surface area contributed by atoms with Crippen molar-refractivity contribution < 1.29 is 9.84 Å². The number of nitrogens with zero attached hydrogens (tertiary/aromatic N) is 2. The van der Waals surface area contributed by atoms with Gasteiger partial charge in [0.2, 0.25) is 0 Å². The van der Waals surface area contributed by atoms with Crippen LogP contribution in [0, 0.1) is 17.2 Å². The fraction of sp³-hybridized carbons (Fsp3) is 0.632. The van der Waals surface area contributed by atoms with E-state index >= 15 is 0 Å². The molecular formula is C19H26N2O2. The topological polar surface area (TPSA) is 56.5 Å². The van der Waals surface area contributed by atoms with Gasteiger partial charge in [0.05, 0.1) is 11.7 Å². The summed E-state index contributed by atoms with van der Waals surface area (Å²) in [7, 11) is 0. The van der Waals surface area contributed by atoms with Crippen molar-refractivity contribution in [1.29, 1.82) is 5.26 Å². The lowest BCUT2D eigenvalue weighted by Gasteiger charge is -2.37. The van der Waals surface area contributed by atoms with E-state index in [1.165, 1.54) is 25.7 Å². The Kier molecular flexibility index (Phi) is 5.53. The first-order chi connectivity index (χ1) is 11.3. The van der Waals surface area contributed by atoms with Gasteiger partial charge < -0.3 is 9.84 Å². The zero-order valence-electron chi connectivity index (χ0n) is 13.7. The third-order valence-corrected chi connectivity index (χ3v) is 5.33. The highest BCUT2D eigenvalue weighted by atomic mass is 16.5. The Morgan fingerprint density at radius 1 is 1.17 bits per heavy atom. The molecule has 3 rings (SSSR count). The fourth-order valence-electron chi connectivity index (χ4n) is 4.16. The monoisotopic (exact) mass is 314 g/mol. The van der Waals surface area contributed by atoms with Crippen LogP contribution in [0.15, 0.2) is 24.3 Å². The second-order valence-corrected chi connectivity index (χ2v) is 6.72. The number of hydrogen-bond donors (Lipinski definition) is 1. The van der Waals surface area contributed by atoms with Crippen LogP contribution in [-0.2, 0) is 0 Å². The van der Waals surface area contributed by atoms with Crippen LogP contribution in [0.4, 0.5) is 0 Å². The van der Waals surface area contributed by atoms with Gasteiger partial charge in [-0.05, 0) is 44.4 Å². The molecule has 23 heavy (non-hydrogen) atoms. The molecule has 2 fully saturated rings. The summed E-state index contributed by atoms with van der Waals surface area (Å²) < 4.78 is 5.83. The minimum atomic E-state index is -0.130. The summed E-state index contributed by atoms with van der Waals surface area (Å²) in [4.78, 5) is 2.48. The summed E-state index contributed by atoms with van der Waals surface area (Å²) >= 11 is 0. The van der Waals surface area contributed by atoms with E-state index in [1.54, 1.807) is 6.07 Å². The maximum atomic E-state index is 10.3. The molecule has 0 aromatic heterocycles. The molecule has 1 saturated heterocycles. The number of benzene rings is 1. The molecular weight excluding hydrogens is 288 g/mol. The van der Waals surface area contributed by atoms with Gasteiger partial charge in [-0.1, -0.05) is 25.0 Å². The molecule has 0 bridgehead atoms. The van der Waals surface area contributed by atoms with Crippen molar-refractivity contribution in [1.82, 2.24) is 4.90 Å². The fourth-order valence-corrected chi connectivity index (χ4v) is 4.16. The summed E-state index contributed by atoms with van der Waals surface area (Å²) in [5, 5.41) is 19.4. The lowest BCUT2D eigenvalue weighted by molar-refractivity contribution is 0.0193. The number of likely N-dealkylation sites (tertiary alicyclic amines) is 1. The van der Waals surface area contributed by atoms with Gasteiger partial charge in [0.1, 0.15) is 18.4 Å². The van der Waals surface area contributed by atoms with Gasteiger partial charge in [0.25, 0.3) is 0 Å². The van der Waals surface area contributed by atoms with Crippen molar-refractivity contribution in [3.05, 3.63) is 29.8 Å². The van der Waals surface area contributed by atoms with E-state index in [4.69, 9.17) is 10.00 Å². The molecule has 1 aliphatic carbocycles. The van der Waals surface area contributed by atoms with Crippen molar-refractivity contribution in [2.75, 3.05) is 19.7 Å². The smallest absolute Gasteiger partial charge is 0.137 e. The van der Waals surface area contributed by atoms with Gasteiger partial charge >= 0.3 is 0 Å². The Balaban J connectivity index is 1.54. The number of aliphatic hydroxyl groups excluding tert-OH is 1. The van der Waals surface area contributed by atoms with Crippen LogP contribution in [0.5, 0.6) is 5.75 Å². The van der Waals surface area contributed by atoms with E-state index in [0.717, 1.165) is 25.9 Å². The molecule has 4 heteroatoms. The zero-order valence-corrected chi connectivity index (χ0v) is 13.7. The Morgan fingerprint density at radius 2 is 2.00 bits per heavy atom. The third kappa shape index (κ3) is 3.85. The number of hydrogen-bond acceptors (Lipinski definition) is 4. The van der Waals surface area contributed by atoms with Crippen LogP contribution in [0.1, 0.15) is 44.1 Å². The highest BCUT2D eigenvalue weighted by Crippen LogP contribution is 2.34. The van der Waals surface area contributed by atoms with Gasteiger partial charge in [-0.3, -0.25) is 4.90 Å². The normalized spacial score (nSPS) is 28.4. The molecule has 0 radical (unpaired) electrons. The Hall–Kier alpha value is -1.57. The molecule has 2 aliphatic rings. The number of ether oxygens (including phenoxy) is 1. The van der Waals surface area contributed by atoms with Crippen LogP contribution in [0.2, 0.25) is 0 Å². The van der Waals surface area contributed by atoms with Crippen LogP contribution < -0.4 is 4.74 Å². The van der Waals surface area contributed by atoms with Crippen molar-refractivity contribution in [2.45, 2.75) is 50.7 Å². The number of aliphatic hydroxyl groups is 1. The molecule has 1 aromatic carbocycles. The average Bonchev–Trinajstić information content (AvgIpc) is 3.04. The first kappa shape index (κ1) is 16.3. The van der Waals surface area contributed by atoms with Crippen LogP contribution in [0.25, 0.3) is 0 Å². The Morgan fingerprint density at radius 3 is 2.83 bits per heavy atom. The second-order valence-electron chi connectivity index (χ2n) is 6.72. The van der Waals surface area contributed by atoms with E-state index in [2.05, 4.69) is 11.0 Å². The highest BCUT2D eigenvalue weighted by Gasteiger charge is 2.36. The van der Waals surface area contributed by atoms with Gasteiger partial charge in [-0.25, -0.2) is 0 Å². The highest BCUT2D eigenvalue weighted by molar-refractivity contribution is 5.42. The molecule has 0 amide bonds. The minimum Gasteiger partial charge on any atom is -0.491 e. The van der Waals surface area contributed by atoms with Crippen molar-refractivity contribution in [2.24, 2.45) is 5.92 Å². The lowest BCUT2D eigenvalue weighted by Crippen LogP contribution is -2.43. The van der Waals surface area contributed by atoms with E-state index < -0.39 is 0 Å². The van der Waals surface area contributed by atoms with Crippen molar-refractivity contribution in [3.63, 3.8) is 0 Å². The van der Waals surface area contributed by atoms with E-state index in [1.807, 2.05) is 18.2 Å². The molecule has 1 aromatic rings. The molecule has 1 saturated carbocycles. The van der Waals surface area contributed by atoms with Crippen LogP contribution >= 0.6 is 0 Å². The van der Waals surface area contributed by atoms with E-state index in [-0.39, 0.29) is 6.10 Å². The summed E-state index contributed by atoms with van der Waals surface area (Å²) in [5.41, 5.74) is 0.591. The van der Waals surface area contributed by atoms with Crippen molar-refractivity contribution in [3.8, 4) is 11.8 Å². The lowest BCUT2D eigenvalue weighted by atomic mass is 9.80. The summed E-state index contributed by atoms with van der Waals surface area (Å²) in [5.74, 6) is 1.10. The third-order valence-electron chi connectivity index (χ3n) is 5.33. The number of para-hydroxylation sites is 1. The quantitative estimate of drug-likeness (QED) is 0.908. The number of nitriles is 1. The molecule has 0 unspecified atom stereocenters. The first-order valence-electron chi connectivity index (χ1n) is 8.83. The van der Waals surface area contributed by atoms with Gasteiger partial charge in [0, 0.05) is 18.5 Å². The summed E-state index contributed by atoms with van der Waals surface area (Å²) in [6.07, 6.45) is 6.80. The maximum absolute atomic E-state index is 10.3. The standard InChI is InChI=1S/C19H26N2O2/c20-14-15-6-1-4-10-19(15)23-13-12-21-11-5-8-17(21)16-7-2-3-9-18(16)22/h1,4,6,10,16-18,22H,2-3,5,7-9,11-13H2/t16-,17-,18-/m1/s1. The second kappa shape index (κ2) is 7.81. The van der Waals surface area contributed by atoms with Crippen LogP contribution in [-0.4, -0.2) is 41.8 Å². The van der Waals surface area contributed by atoms with Gasteiger partial charge in [0.15, 0.2) is 0 Å². The maximum Gasteiger partial charge on any atom is 0.137 e. The van der Waals surface area contributed by atoms with Gasteiger partial charge in [-0.15, -0.1) is 0 Å². The Labute approximate surface area is 138 Å². The van der Waals surface area contributed by atoms with Crippen molar-refractivity contribution >= 4 is 0 Å². The summed E-state index contributed by atoms with van der Waals surface area (Å²) in [6.45, 7) is 2.56. The van der Waals surface area contributed by atoms with Gasteiger partial charge in [-0.2, -0.15) is 5.26 Å². The predicted molar refractivity (Wildman–Crippen MR) is 89.2 cm³/mol. The molecule has 3 atom stereocenters. The molecule has 124 valence electrons. The Bertz CT molecular complexity index is 555. The van der Waals surface area contributed by atoms with E-state index in [9.17, 15) is 5.11 Å². The SMILES string of the molecule is N#Cc1ccccc1OCCN1CCC[C@@H]1[C@H]1CCCC[C@H]1O. The number of rotatable bonds is 5. The van der Waals surface area contributed by atoms with Crippen LogP contribution in [0.3, 0.4) is 0 Å². The zero-order chi connectivity index (χ0) is 16.1. The molecule has 1 heterocycles. The first-order valence-corrected chi connectivity index (χ1v) is 8.83. The summed E-state index contributed by atoms with van der Waals surface area (Å²) in [6, 6.07) is 10.1. The molecule has 1 N–H and O–H groups in total. The molecule has 1 aliphatic heterocycles. The van der Waals surface area contributed by atoms with E-state index in [0.29, 0.717) is 29.9 Å². The minimum absolute atomic E-state index is 0.130.